The third kappa shape index (κ3) is 2.44. The summed E-state index contributed by atoms with van der Waals surface area (Å²) in [5, 5.41) is 0. The summed E-state index contributed by atoms with van der Waals surface area (Å²) in [6.45, 7) is 3.12. The Labute approximate surface area is 81.0 Å². The lowest BCUT2D eigenvalue weighted by Gasteiger charge is -2.14. The molecule has 12 heavy (non-hydrogen) atoms. The molecule has 0 aromatic carbocycles. The van der Waals surface area contributed by atoms with Crippen LogP contribution in [0.4, 0.5) is 5.95 Å². The second kappa shape index (κ2) is 4.40. The van der Waals surface area contributed by atoms with Gasteiger partial charge in [-0.05, 0) is 22.4 Å². The van der Waals surface area contributed by atoms with Gasteiger partial charge in [-0.25, -0.2) is 9.97 Å². The number of nitrogens with zero attached hydrogens (tertiary/aromatic N) is 3. The summed E-state index contributed by atoms with van der Waals surface area (Å²) < 4.78 is 0.913. The Morgan fingerprint density at radius 3 is 2.50 bits per heavy atom. The van der Waals surface area contributed by atoms with Gasteiger partial charge in [0.25, 0.3) is 0 Å². The predicted molar refractivity (Wildman–Crippen MR) is 53.3 cm³/mol. The minimum atomic E-state index is 0.778. The van der Waals surface area contributed by atoms with E-state index in [0.29, 0.717) is 0 Å². The SMILES string of the molecule is CCCN(C)c1ncc(Br)cn1. The van der Waals surface area contributed by atoms with Gasteiger partial charge in [0.05, 0.1) is 4.47 Å². The third-order valence-electron chi connectivity index (χ3n) is 1.51. The van der Waals surface area contributed by atoms with Crippen LogP contribution in [0.3, 0.4) is 0 Å². The van der Waals surface area contributed by atoms with E-state index in [2.05, 4.69) is 32.8 Å². The molecule has 0 amide bonds. The standard InChI is InChI=1S/C8H12BrN3/c1-3-4-12(2)8-10-5-7(9)6-11-8/h5-6H,3-4H2,1-2H3. The van der Waals surface area contributed by atoms with Crippen LogP contribution in [0.1, 0.15) is 13.3 Å². The third-order valence-corrected chi connectivity index (χ3v) is 1.92. The molecular formula is C8H12BrN3. The van der Waals surface area contributed by atoms with Crippen LogP contribution < -0.4 is 4.90 Å². The van der Waals surface area contributed by atoms with Crippen molar-refractivity contribution >= 4 is 21.9 Å². The highest BCUT2D eigenvalue weighted by Gasteiger charge is 2.00. The molecule has 1 aromatic heterocycles. The summed E-state index contributed by atoms with van der Waals surface area (Å²) in [5.74, 6) is 0.778. The van der Waals surface area contributed by atoms with Crippen molar-refractivity contribution in [2.45, 2.75) is 13.3 Å². The van der Waals surface area contributed by atoms with E-state index in [1.807, 2.05) is 11.9 Å². The molecule has 0 aliphatic rings. The molecule has 0 aliphatic carbocycles. The first kappa shape index (κ1) is 9.45. The van der Waals surface area contributed by atoms with Crippen molar-refractivity contribution in [3.05, 3.63) is 16.9 Å². The maximum absolute atomic E-state index is 4.16. The number of hydrogen-bond donors (Lipinski definition) is 0. The Balaban J connectivity index is 2.68. The molecule has 0 bridgehead atoms. The summed E-state index contributed by atoms with van der Waals surface area (Å²) in [7, 11) is 1.99. The Bertz CT molecular complexity index is 235. The van der Waals surface area contributed by atoms with E-state index in [0.717, 1.165) is 23.4 Å². The molecule has 0 atom stereocenters. The van der Waals surface area contributed by atoms with Gasteiger partial charge in [-0.1, -0.05) is 6.92 Å². The van der Waals surface area contributed by atoms with E-state index in [1.165, 1.54) is 0 Å². The fourth-order valence-corrected chi connectivity index (χ4v) is 1.14. The maximum Gasteiger partial charge on any atom is 0.225 e. The van der Waals surface area contributed by atoms with Gasteiger partial charge in [0.15, 0.2) is 0 Å². The van der Waals surface area contributed by atoms with Crippen LogP contribution in [0.5, 0.6) is 0 Å². The Hall–Kier alpha value is -0.640. The van der Waals surface area contributed by atoms with Crippen LogP contribution >= 0.6 is 15.9 Å². The quantitative estimate of drug-likeness (QED) is 0.796. The van der Waals surface area contributed by atoms with Gasteiger partial charge in [0.1, 0.15) is 0 Å². The summed E-state index contributed by atoms with van der Waals surface area (Å²) in [5.41, 5.74) is 0. The molecular weight excluding hydrogens is 218 g/mol. The molecule has 0 fully saturated rings. The predicted octanol–water partition coefficient (Wildman–Crippen LogP) is 2.09. The molecule has 4 heteroatoms. The zero-order valence-electron chi connectivity index (χ0n) is 7.29. The largest absolute Gasteiger partial charge is 0.344 e. The summed E-state index contributed by atoms with van der Waals surface area (Å²) in [6.07, 6.45) is 4.62. The van der Waals surface area contributed by atoms with Gasteiger partial charge in [-0.15, -0.1) is 0 Å². The van der Waals surface area contributed by atoms with Crippen LogP contribution in [-0.4, -0.2) is 23.6 Å². The van der Waals surface area contributed by atoms with E-state index in [1.54, 1.807) is 12.4 Å². The fraction of sp³-hybridized carbons (Fsp3) is 0.500. The number of halogens is 1. The van der Waals surface area contributed by atoms with Crippen molar-refractivity contribution in [2.75, 3.05) is 18.5 Å². The Kier molecular flexibility index (Phi) is 3.47. The second-order valence-corrected chi connectivity index (χ2v) is 3.54. The smallest absolute Gasteiger partial charge is 0.225 e. The highest BCUT2D eigenvalue weighted by atomic mass is 79.9. The van der Waals surface area contributed by atoms with Gasteiger partial charge in [-0.2, -0.15) is 0 Å². The Morgan fingerprint density at radius 2 is 2.00 bits per heavy atom. The fourth-order valence-electron chi connectivity index (χ4n) is 0.938. The second-order valence-electron chi connectivity index (χ2n) is 2.62. The summed E-state index contributed by atoms with van der Waals surface area (Å²) >= 11 is 3.29. The lowest BCUT2D eigenvalue weighted by Crippen LogP contribution is -2.20. The first-order valence-electron chi connectivity index (χ1n) is 3.92. The van der Waals surface area contributed by atoms with Crippen molar-refractivity contribution < 1.29 is 0 Å². The van der Waals surface area contributed by atoms with E-state index in [4.69, 9.17) is 0 Å². The highest BCUT2D eigenvalue weighted by Crippen LogP contribution is 2.09. The molecule has 0 spiro atoms. The van der Waals surface area contributed by atoms with Gasteiger partial charge in [-0.3, -0.25) is 0 Å². The van der Waals surface area contributed by atoms with E-state index in [-0.39, 0.29) is 0 Å². The van der Waals surface area contributed by atoms with E-state index in [9.17, 15) is 0 Å². The summed E-state index contributed by atoms with van der Waals surface area (Å²) in [6, 6.07) is 0. The van der Waals surface area contributed by atoms with Crippen LogP contribution in [0, 0.1) is 0 Å². The molecule has 1 heterocycles. The molecule has 1 aromatic rings. The average molecular weight is 230 g/mol. The van der Waals surface area contributed by atoms with Gasteiger partial charge in [0.2, 0.25) is 5.95 Å². The van der Waals surface area contributed by atoms with Gasteiger partial charge < -0.3 is 4.90 Å². The molecule has 0 saturated carbocycles. The Morgan fingerprint density at radius 1 is 1.42 bits per heavy atom. The van der Waals surface area contributed by atoms with Crippen molar-refractivity contribution in [1.82, 2.24) is 9.97 Å². The van der Waals surface area contributed by atoms with Crippen LogP contribution in [-0.2, 0) is 0 Å². The van der Waals surface area contributed by atoms with Crippen molar-refractivity contribution in [3.8, 4) is 0 Å². The van der Waals surface area contributed by atoms with Gasteiger partial charge >= 0.3 is 0 Å². The maximum atomic E-state index is 4.16. The molecule has 66 valence electrons. The lowest BCUT2D eigenvalue weighted by atomic mass is 10.4. The normalized spacial score (nSPS) is 9.92. The monoisotopic (exact) mass is 229 g/mol. The minimum Gasteiger partial charge on any atom is -0.344 e. The molecule has 1 rings (SSSR count). The van der Waals surface area contributed by atoms with Crippen LogP contribution in [0.2, 0.25) is 0 Å². The number of aromatic nitrogens is 2. The summed E-state index contributed by atoms with van der Waals surface area (Å²) in [4.78, 5) is 10.4. The molecule has 0 aliphatic heterocycles. The van der Waals surface area contributed by atoms with Crippen molar-refractivity contribution in [2.24, 2.45) is 0 Å². The molecule has 0 N–H and O–H groups in total. The van der Waals surface area contributed by atoms with Gasteiger partial charge in [0, 0.05) is 26.0 Å². The topological polar surface area (TPSA) is 29.0 Å². The van der Waals surface area contributed by atoms with Crippen LogP contribution in [0.15, 0.2) is 16.9 Å². The lowest BCUT2D eigenvalue weighted by molar-refractivity contribution is 0.818. The first-order valence-corrected chi connectivity index (χ1v) is 4.72. The number of anilines is 1. The van der Waals surface area contributed by atoms with Crippen molar-refractivity contribution in [1.29, 1.82) is 0 Å². The minimum absolute atomic E-state index is 0.778. The van der Waals surface area contributed by atoms with Crippen molar-refractivity contribution in [3.63, 3.8) is 0 Å². The number of rotatable bonds is 3. The molecule has 0 radical (unpaired) electrons. The number of hydrogen-bond acceptors (Lipinski definition) is 3. The molecule has 3 nitrogen and oxygen atoms in total. The zero-order valence-corrected chi connectivity index (χ0v) is 8.87. The van der Waals surface area contributed by atoms with E-state index < -0.39 is 0 Å². The first-order chi connectivity index (χ1) is 5.74. The highest BCUT2D eigenvalue weighted by molar-refractivity contribution is 9.10. The molecule has 0 unspecified atom stereocenters. The zero-order chi connectivity index (χ0) is 8.97. The van der Waals surface area contributed by atoms with E-state index >= 15 is 0 Å². The average Bonchev–Trinajstić information content (AvgIpc) is 2.06. The molecule has 0 saturated heterocycles. The van der Waals surface area contributed by atoms with Crippen LogP contribution in [0.25, 0.3) is 0 Å².